The molecule has 1 aromatic carbocycles. The summed E-state index contributed by atoms with van der Waals surface area (Å²) in [6.07, 6.45) is -3.24. The molecule has 13 heteroatoms. The summed E-state index contributed by atoms with van der Waals surface area (Å²) in [6, 6.07) is 3.40. The second-order valence-electron chi connectivity index (χ2n) is 5.38. The molecule has 0 atom stereocenters. The fourth-order valence-corrected chi connectivity index (χ4v) is 2.28. The van der Waals surface area contributed by atoms with E-state index in [9.17, 15) is 38.7 Å². The molecular weight excluding hydrogens is 387 g/mol. The van der Waals surface area contributed by atoms with Crippen LogP contribution in [0, 0.1) is 15.3 Å². The third-order valence-corrected chi connectivity index (χ3v) is 3.56. The smallest absolute Gasteiger partial charge is 0.478 e. The molecule has 0 aliphatic rings. The topological polar surface area (TPSA) is 149 Å². The molecule has 10 nitrogen and oxygen atoms in total. The van der Waals surface area contributed by atoms with Crippen LogP contribution in [0.15, 0.2) is 36.8 Å². The third kappa shape index (κ3) is 3.44. The molecule has 3 rings (SSSR count). The normalized spacial score (nSPS) is 11.4. The maximum Gasteiger partial charge on any atom is 0.478 e. The van der Waals surface area contributed by atoms with Gasteiger partial charge >= 0.3 is 11.9 Å². The van der Waals surface area contributed by atoms with Gasteiger partial charge in [-0.05, 0) is 12.1 Å². The van der Waals surface area contributed by atoms with E-state index in [2.05, 4.69) is 15.0 Å². The number of halogens is 3. The minimum Gasteiger partial charge on any atom is -0.618 e. The van der Waals surface area contributed by atoms with Crippen LogP contribution in [0.25, 0.3) is 22.8 Å². The van der Waals surface area contributed by atoms with E-state index in [4.69, 9.17) is 0 Å². The zero-order valence-electron chi connectivity index (χ0n) is 13.5. The fraction of sp³-hybridized carbons (Fsp3) is 0.0667. The number of aromatic nitrogens is 4. The van der Waals surface area contributed by atoms with Crippen LogP contribution in [0.3, 0.4) is 0 Å². The number of aromatic hydroxyl groups is 2. The molecule has 0 saturated carbocycles. The van der Waals surface area contributed by atoms with Gasteiger partial charge in [-0.25, -0.2) is 15.0 Å². The Bertz CT molecular complexity index is 1090. The van der Waals surface area contributed by atoms with Crippen LogP contribution in [-0.2, 0) is 6.18 Å². The number of phenols is 2. The van der Waals surface area contributed by atoms with E-state index >= 15 is 0 Å². The van der Waals surface area contributed by atoms with E-state index in [1.165, 1.54) is 0 Å². The van der Waals surface area contributed by atoms with Crippen LogP contribution >= 0.6 is 0 Å². The predicted molar refractivity (Wildman–Crippen MR) is 84.6 cm³/mol. The fourth-order valence-electron chi connectivity index (χ4n) is 2.28. The van der Waals surface area contributed by atoms with E-state index in [0.29, 0.717) is 12.3 Å². The Balaban J connectivity index is 2.07. The second-order valence-corrected chi connectivity index (χ2v) is 5.38. The number of hydrogen-bond acceptors (Lipinski definition) is 8. The molecule has 0 aliphatic heterocycles. The molecule has 0 saturated heterocycles. The predicted octanol–water partition coefficient (Wildman–Crippen LogP) is 2.18. The first kappa shape index (κ1) is 18.8. The van der Waals surface area contributed by atoms with Crippen molar-refractivity contribution in [2.45, 2.75) is 6.18 Å². The van der Waals surface area contributed by atoms with Gasteiger partial charge < -0.3 is 15.4 Å². The zero-order chi connectivity index (χ0) is 20.6. The van der Waals surface area contributed by atoms with E-state index < -0.39 is 34.0 Å². The van der Waals surface area contributed by atoms with Gasteiger partial charge in [0, 0.05) is 17.7 Å². The summed E-state index contributed by atoms with van der Waals surface area (Å²) in [6.45, 7) is 0. The van der Waals surface area contributed by atoms with E-state index in [0.717, 1.165) is 24.5 Å². The van der Waals surface area contributed by atoms with Crippen molar-refractivity contribution in [2.75, 3.05) is 0 Å². The summed E-state index contributed by atoms with van der Waals surface area (Å²) in [5, 5.41) is 41.7. The summed E-state index contributed by atoms with van der Waals surface area (Å²) in [7, 11) is 0. The van der Waals surface area contributed by atoms with Gasteiger partial charge in [0.25, 0.3) is 5.69 Å². The first-order valence-corrected chi connectivity index (χ1v) is 7.28. The number of benzene rings is 1. The van der Waals surface area contributed by atoms with Crippen LogP contribution in [-0.4, -0.2) is 30.1 Å². The standard InChI is InChI=1S/C15H8F3N5O5/c16-15(17,18)11-2-1-7(5-22(11)26)13-19-6-20-14(21-13)8-3-9(23(27)28)12(25)10(24)4-8/h1-6,24-25H. The monoisotopic (exact) mass is 395 g/mol. The second kappa shape index (κ2) is 6.61. The first-order valence-electron chi connectivity index (χ1n) is 7.28. The van der Waals surface area contributed by atoms with E-state index in [-0.39, 0.29) is 27.5 Å². The van der Waals surface area contributed by atoms with Gasteiger partial charge in [-0.3, -0.25) is 10.1 Å². The van der Waals surface area contributed by atoms with Crippen LogP contribution < -0.4 is 4.73 Å². The molecular formula is C15H8F3N5O5. The first-order chi connectivity index (χ1) is 13.1. The third-order valence-electron chi connectivity index (χ3n) is 3.56. The Kier molecular flexibility index (Phi) is 4.42. The maximum absolute atomic E-state index is 12.7. The van der Waals surface area contributed by atoms with E-state index in [1.54, 1.807) is 0 Å². The summed E-state index contributed by atoms with van der Waals surface area (Å²) in [5.74, 6) is -2.10. The van der Waals surface area contributed by atoms with Crippen molar-refractivity contribution in [1.29, 1.82) is 0 Å². The van der Waals surface area contributed by atoms with Gasteiger partial charge in [0.05, 0.1) is 10.5 Å². The van der Waals surface area contributed by atoms with Crippen molar-refractivity contribution in [3.8, 4) is 34.3 Å². The van der Waals surface area contributed by atoms with Crippen LogP contribution in [0.1, 0.15) is 5.69 Å². The molecule has 0 unspecified atom stereocenters. The SMILES string of the molecule is O=[N+]([O-])c1cc(-c2ncnc(-c3ccc(C(F)(F)F)[n+]([O-])c3)n2)cc(O)c1O. The molecule has 2 aromatic heterocycles. The number of phenolic OH excluding ortho intramolecular Hbond substituents is 2. The molecule has 3 aromatic rings. The van der Waals surface area contributed by atoms with Crippen LogP contribution in [0.5, 0.6) is 11.5 Å². The molecule has 0 spiro atoms. The molecule has 0 fully saturated rings. The molecule has 2 N–H and O–H groups in total. The zero-order valence-corrected chi connectivity index (χ0v) is 13.5. The average Bonchev–Trinajstić information content (AvgIpc) is 2.62. The lowest BCUT2D eigenvalue weighted by atomic mass is 10.1. The number of hydrogen-bond donors (Lipinski definition) is 2. The lowest BCUT2D eigenvalue weighted by Gasteiger charge is -2.09. The van der Waals surface area contributed by atoms with Gasteiger partial charge in [0.1, 0.15) is 6.33 Å². The van der Waals surface area contributed by atoms with Crippen LogP contribution in [0.4, 0.5) is 18.9 Å². The minimum absolute atomic E-state index is 0.0624. The lowest BCUT2D eigenvalue weighted by molar-refractivity contribution is -0.628. The van der Waals surface area contributed by atoms with Crippen molar-refractivity contribution in [2.24, 2.45) is 0 Å². The summed E-state index contributed by atoms with van der Waals surface area (Å²) >= 11 is 0. The van der Waals surface area contributed by atoms with Gasteiger partial charge in [-0.1, -0.05) is 0 Å². The molecule has 0 aliphatic carbocycles. The lowest BCUT2D eigenvalue weighted by Crippen LogP contribution is -2.36. The summed E-state index contributed by atoms with van der Waals surface area (Å²) < 4.78 is 37.7. The highest BCUT2D eigenvalue weighted by atomic mass is 19.4. The molecule has 0 bridgehead atoms. The molecule has 0 radical (unpaired) electrons. The highest BCUT2D eigenvalue weighted by Gasteiger charge is 2.39. The Morgan fingerprint density at radius 1 is 1.07 bits per heavy atom. The van der Waals surface area contributed by atoms with Gasteiger partial charge in [0.2, 0.25) is 5.75 Å². The number of rotatable bonds is 3. The van der Waals surface area contributed by atoms with E-state index in [1.807, 2.05) is 0 Å². The Hall–Kier alpha value is -4.03. The Morgan fingerprint density at radius 2 is 1.71 bits per heavy atom. The number of nitrogens with zero attached hydrogens (tertiary/aromatic N) is 5. The summed E-state index contributed by atoms with van der Waals surface area (Å²) in [5.41, 5.74) is -2.36. The Labute approximate surface area is 152 Å². The largest absolute Gasteiger partial charge is 0.618 e. The number of alkyl halides is 3. The average molecular weight is 395 g/mol. The summed E-state index contributed by atoms with van der Waals surface area (Å²) in [4.78, 5) is 21.5. The quantitative estimate of drug-likeness (QED) is 0.225. The number of pyridine rings is 1. The Morgan fingerprint density at radius 3 is 2.29 bits per heavy atom. The van der Waals surface area contributed by atoms with Crippen molar-refractivity contribution in [1.82, 2.24) is 15.0 Å². The molecule has 2 heterocycles. The molecule has 28 heavy (non-hydrogen) atoms. The van der Waals surface area contributed by atoms with Crippen molar-refractivity contribution >= 4 is 5.69 Å². The minimum atomic E-state index is -4.84. The van der Waals surface area contributed by atoms with Crippen molar-refractivity contribution in [3.05, 3.63) is 57.8 Å². The molecule has 0 amide bonds. The van der Waals surface area contributed by atoms with Crippen molar-refractivity contribution in [3.63, 3.8) is 0 Å². The number of nitro groups is 1. The highest BCUT2D eigenvalue weighted by Crippen LogP contribution is 2.38. The number of nitro benzene ring substituents is 1. The van der Waals surface area contributed by atoms with Crippen molar-refractivity contribution < 1.29 is 33.0 Å². The van der Waals surface area contributed by atoms with Gasteiger partial charge in [-0.15, -0.1) is 0 Å². The highest BCUT2D eigenvalue weighted by molar-refractivity contribution is 5.69. The molecule has 144 valence electrons. The van der Waals surface area contributed by atoms with Gasteiger partial charge in [0.15, 0.2) is 23.6 Å². The van der Waals surface area contributed by atoms with Gasteiger partial charge in [-0.2, -0.15) is 17.9 Å². The van der Waals surface area contributed by atoms with Crippen LogP contribution in [0.2, 0.25) is 0 Å². The maximum atomic E-state index is 12.7.